The third-order valence-electron chi connectivity index (χ3n) is 3.09. The fourth-order valence-electron chi connectivity index (χ4n) is 2.07. The van der Waals surface area contributed by atoms with Crippen molar-refractivity contribution in [3.8, 4) is 10.6 Å². The van der Waals surface area contributed by atoms with E-state index < -0.39 is 5.95 Å². The summed E-state index contributed by atoms with van der Waals surface area (Å²) in [5, 5.41) is 0.851. The Labute approximate surface area is 114 Å². The van der Waals surface area contributed by atoms with Crippen LogP contribution in [0.25, 0.3) is 16.3 Å². The summed E-state index contributed by atoms with van der Waals surface area (Å²) in [6.07, 6.45) is 4.16. The molecule has 0 spiro atoms. The molecule has 1 aliphatic rings. The van der Waals surface area contributed by atoms with Gasteiger partial charge in [-0.05, 0) is 18.3 Å². The van der Waals surface area contributed by atoms with Crippen LogP contribution in [0.5, 0.6) is 0 Å². The Morgan fingerprint density at radius 1 is 1.42 bits per heavy atom. The van der Waals surface area contributed by atoms with Gasteiger partial charge in [-0.2, -0.15) is 4.39 Å². The first-order valence-corrected chi connectivity index (χ1v) is 6.71. The molecule has 3 rings (SSSR count). The molecule has 96 valence electrons. The van der Waals surface area contributed by atoms with Gasteiger partial charge in [0.25, 0.3) is 0 Å². The first kappa shape index (κ1) is 12.0. The summed E-state index contributed by atoms with van der Waals surface area (Å²) >= 11 is 1.56. The van der Waals surface area contributed by atoms with Gasteiger partial charge in [-0.15, -0.1) is 11.3 Å². The monoisotopic (exact) mass is 273 g/mol. The van der Waals surface area contributed by atoms with E-state index in [1.165, 1.54) is 12.3 Å². The number of halogens is 1. The van der Waals surface area contributed by atoms with Crippen molar-refractivity contribution >= 4 is 17.0 Å². The average Bonchev–Trinajstić information content (AvgIpc) is 2.85. The van der Waals surface area contributed by atoms with Gasteiger partial charge in [0.05, 0.1) is 16.3 Å². The van der Waals surface area contributed by atoms with E-state index in [9.17, 15) is 4.39 Å². The molecule has 0 aromatic carbocycles. The number of rotatable bonds is 2. The van der Waals surface area contributed by atoms with Gasteiger partial charge in [-0.1, -0.05) is 13.2 Å². The van der Waals surface area contributed by atoms with Crippen molar-refractivity contribution in [3.05, 3.63) is 54.2 Å². The van der Waals surface area contributed by atoms with Gasteiger partial charge < -0.3 is 4.90 Å². The molecular weight excluding hydrogens is 261 g/mol. The minimum Gasteiger partial charge on any atom is -0.347 e. The highest BCUT2D eigenvalue weighted by Gasteiger charge is 2.22. The van der Waals surface area contributed by atoms with Crippen LogP contribution in [-0.2, 0) is 6.42 Å². The zero-order chi connectivity index (χ0) is 13.4. The number of aromatic nitrogens is 2. The van der Waals surface area contributed by atoms with Crippen molar-refractivity contribution in [1.29, 1.82) is 0 Å². The zero-order valence-electron chi connectivity index (χ0n) is 10.3. The van der Waals surface area contributed by atoms with Crippen LogP contribution in [0, 0.1) is 5.95 Å². The lowest BCUT2D eigenvalue weighted by Crippen LogP contribution is -2.22. The fraction of sp³-hybridized carbons (Fsp3) is 0.143. The number of nitrogens with zero attached hydrogens (tertiary/aromatic N) is 3. The van der Waals surface area contributed by atoms with Crippen molar-refractivity contribution in [2.45, 2.75) is 6.42 Å². The molecule has 0 amide bonds. The minimum absolute atomic E-state index is 0.479. The SMILES string of the molecule is C=CN1CCc2nc(-c3ccc(F)nc3)sc2C1=C. The Morgan fingerprint density at radius 2 is 2.26 bits per heavy atom. The highest BCUT2D eigenvalue weighted by atomic mass is 32.1. The van der Waals surface area contributed by atoms with Gasteiger partial charge >= 0.3 is 0 Å². The summed E-state index contributed by atoms with van der Waals surface area (Å²) in [6.45, 7) is 8.71. The Kier molecular flexibility index (Phi) is 2.91. The number of fused-ring (bicyclic) bond motifs is 1. The highest BCUT2D eigenvalue weighted by Crippen LogP contribution is 2.36. The minimum atomic E-state index is -0.479. The number of thiazole rings is 1. The summed E-state index contributed by atoms with van der Waals surface area (Å²) in [7, 11) is 0. The normalized spacial score (nSPS) is 14.4. The molecule has 2 aromatic heterocycles. The van der Waals surface area contributed by atoms with Crippen LogP contribution in [-0.4, -0.2) is 21.4 Å². The van der Waals surface area contributed by atoms with Crippen LogP contribution < -0.4 is 0 Å². The molecule has 3 heterocycles. The lowest BCUT2D eigenvalue weighted by atomic mass is 10.1. The first-order valence-electron chi connectivity index (χ1n) is 5.89. The van der Waals surface area contributed by atoms with Gasteiger partial charge in [0.1, 0.15) is 5.01 Å². The summed E-state index contributed by atoms with van der Waals surface area (Å²) < 4.78 is 12.8. The topological polar surface area (TPSA) is 29.0 Å². The maximum absolute atomic E-state index is 12.8. The second-order valence-corrected chi connectivity index (χ2v) is 5.24. The molecule has 0 saturated carbocycles. The van der Waals surface area contributed by atoms with Crippen LogP contribution in [0.2, 0.25) is 0 Å². The molecule has 0 saturated heterocycles. The molecule has 0 atom stereocenters. The van der Waals surface area contributed by atoms with Crippen molar-refractivity contribution < 1.29 is 4.39 Å². The Hall–Kier alpha value is -2.01. The molecule has 0 bridgehead atoms. The van der Waals surface area contributed by atoms with Crippen LogP contribution in [0.4, 0.5) is 4.39 Å². The predicted octanol–water partition coefficient (Wildman–Crippen LogP) is 3.32. The van der Waals surface area contributed by atoms with Crippen LogP contribution in [0.3, 0.4) is 0 Å². The van der Waals surface area contributed by atoms with Gasteiger partial charge in [0, 0.05) is 24.7 Å². The van der Waals surface area contributed by atoms with E-state index in [2.05, 4.69) is 23.1 Å². The third-order valence-corrected chi connectivity index (χ3v) is 4.29. The van der Waals surface area contributed by atoms with E-state index in [1.54, 1.807) is 23.6 Å². The molecule has 2 aromatic rings. The largest absolute Gasteiger partial charge is 0.347 e. The van der Waals surface area contributed by atoms with Crippen molar-refractivity contribution in [3.63, 3.8) is 0 Å². The van der Waals surface area contributed by atoms with E-state index in [0.29, 0.717) is 0 Å². The van der Waals surface area contributed by atoms with E-state index >= 15 is 0 Å². The predicted molar refractivity (Wildman–Crippen MR) is 74.9 cm³/mol. The Morgan fingerprint density at radius 3 is 2.95 bits per heavy atom. The molecule has 0 fully saturated rings. The molecule has 5 heteroatoms. The van der Waals surface area contributed by atoms with Crippen molar-refractivity contribution in [2.75, 3.05) is 6.54 Å². The molecule has 19 heavy (non-hydrogen) atoms. The van der Waals surface area contributed by atoms with Crippen LogP contribution in [0.1, 0.15) is 10.6 Å². The van der Waals surface area contributed by atoms with Crippen LogP contribution in [0.15, 0.2) is 37.7 Å². The molecular formula is C14H12FN3S. The third kappa shape index (κ3) is 2.06. The first-order chi connectivity index (χ1) is 9.19. The smallest absolute Gasteiger partial charge is 0.212 e. The van der Waals surface area contributed by atoms with E-state index in [-0.39, 0.29) is 0 Å². The second-order valence-electron chi connectivity index (χ2n) is 4.24. The number of hydrogen-bond donors (Lipinski definition) is 0. The summed E-state index contributed by atoms with van der Waals surface area (Å²) in [5.74, 6) is -0.479. The molecule has 3 nitrogen and oxygen atoms in total. The lowest BCUT2D eigenvalue weighted by molar-refractivity contribution is 0.516. The molecule has 0 radical (unpaired) electrons. The van der Waals surface area contributed by atoms with Crippen molar-refractivity contribution in [1.82, 2.24) is 14.9 Å². The van der Waals surface area contributed by atoms with Gasteiger partial charge in [0.2, 0.25) is 5.95 Å². The molecule has 0 aliphatic carbocycles. The average molecular weight is 273 g/mol. The quantitative estimate of drug-likeness (QED) is 0.786. The number of pyridine rings is 1. The van der Waals surface area contributed by atoms with E-state index in [4.69, 9.17) is 0 Å². The molecule has 1 aliphatic heterocycles. The van der Waals surface area contributed by atoms with Gasteiger partial charge in [-0.3, -0.25) is 0 Å². The van der Waals surface area contributed by atoms with E-state index in [0.717, 1.165) is 39.8 Å². The molecule has 0 unspecified atom stereocenters. The molecule has 0 N–H and O–H groups in total. The van der Waals surface area contributed by atoms with Crippen LogP contribution >= 0.6 is 11.3 Å². The Balaban J connectivity index is 2.01. The summed E-state index contributed by atoms with van der Waals surface area (Å²) in [6, 6.07) is 3.04. The lowest BCUT2D eigenvalue weighted by Gasteiger charge is -2.26. The number of hydrogen-bond acceptors (Lipinski definition) is 4. The maximum atomic E-state index is 12.8. The zero-order valence-corrected chi connectivity index (χ0v) is 11.1. The van der Waals surface area contributed by atoms with Gasteiger partial charge in [-0.25, -0.2) is 9.97 Å². The standard InChI is InChI=1S/C14H12FN3S/c1-3-18-7-6-11-13(9(18)2)19-14(17-11)10-4-5-12(15)16-8-10/h3-5,8H,1-2,6-7H2. The Bertz CT molecular complexity index is 645. The summed E-state index contributed by atoms with van der Waals surface area (Å²) in [4.78, 5) is 11.4. The van der Waals surface area contributed by atoms with Crippen molar-refractivity contribution in [2.24, 2.45) is 0 Å². The van der Waals surface area contributed by atoms with E-state index in [1.807, 2.05) is 4.90 Å². The second kappa shape index (κ2) is 4.59. The fourth-order valence-corrected chi connectivity index (χ4v) is 3.15. The van der Waals surface area contributed by atoms with Gasteiger partial charge in [0.15, 0.2) is 0 Å². The highest BCUT2D eigenvalue weighted by molar-refractivity contribution is 7.16. The maximum Gasteiger partial charge on any atom is 0.212 e. The summed E-state index contributed by atoms with van der Waals surface area (Å²) in [5.41, 5.74) is 2.81.